The van der Waals surface area contributed by atoms with Gasteiger partial charge >= 0.3 is 0 Å². The summed E-state index contributed by atoms with van der Waals surface area (Å²) in [5, 5.41) is 3.73. The Kier molecular flexibility index (Phi) is 4.35. The van der Waals surface area contributed by atoms with Crippen molar-refractivity contribution >= 4 is 8.48 Å². The highest BCUT2D eigenvalue weighted by molar-refractivity contribution is 6.73. The molecule has 0 amide bonds. The largest absolute Gasteiger partial charge is 0.405 e. The average molecular weight is 230 g/mol. The third kappa shape index (κ3) is 3.28. The molecule has 0 radical (unpaired) electrons. The first kappa shape index (κ1) is 13.2. The van der Waals surface area contributed by atoms with Crippen LogP contribution < -0.4 is 10.3 Å². The maximum absolute atomic E-state index is 5.85. The minimum Gasteiger partial charge on any atom is -0.405 e. The molecule has 90 valence electrons. The van der Waals surface area contributed by atoms with Gasteiger partial charge in [-0.2, -0.15) is 0 Å². The smallest absolute Gasteiger partial charge is 0.285 e. The molecule has 1 aliphatic heterocycles. The molecule has 0 bridgehead atoms. The summed E-state index contributed by atoms with van der Waals surface area (Å²) in [6, 6.07) is 1.23. The molecule has 1 aliphatic rings. The fraction of sp³-hybridized carbons (Fsp3) is 1.00. The summed E-state index contributed by atoms with van der Waals surface area (Å²) in [4.78, 5) is 3.49. The van der Waals surface area contributed by atoms with Crippen LogP contribution in [0.25, 0.3) is 0 Å². The van der Waals surface area contributed by atoms with Gasteiger partial charge in [-0.3, -0.25) is 0 Å². The number of nitrogens with one attached hydrogen (secondary N) is 2. The molecule has 2 unspecified atom stereocenters. The molecule has 0 aliphatic carbocycles. The lowest BCUT2D eigenvalue weighted by Crippen LogP contribution is -2.68. The monoisotopic (exact) mass is 230 g/mol. The Labute approximate surface area is 95.2 Å². The van der Waals surface area contributed by atoms with Crippen molar-refractivity contribution in [3.8, 4) is 0 Å². The normalized spacial score (nSPS) is 33.0. The minimum absolute atomic E-state index is 0.176. The van der Waals surface area contributed by atoms with Crippen molar-refractivity contribution in [3.63, 3.8) is 0 Å². The van der Waals surface area contributed by atoms with Crippen molar-refractivity contribution in [1.82, 2.24) is 10.3 Å². The topological polar surface area (TPSA) is 33.3 Å². The molecule has 2 N–H and O–H groups in total. The van der Waals surface area contributed by atoms with Crippen molar-refractivity contribution in [2.75, 3.05) is 14.2 Å². The Morgan fingerprint density at radius 3 is 2.40 bits per heavy atom. The maximum Gasteiger partial charge on any atom is 0.285 e. The molecule has 1 saturated heterocycles. The molecular formula is C11H26N2OSi. The van der Waals surface area contributed by atoms with E-state index in [0.29, 0.717) is 5.67 Å². The Bertz CT molecular complexity index is 199. The fourth-order valence-corrected chi connectivity index (χ4v) is 6.25. The molecule has 1 fully saturated rings. The zero-order valence-corrected chi connectivity index (χ0v) is 11.8. The molecule has 1 rings (SSSR count). The molecule has 0 saturated carbocycles. The summed E-state index contributed by atoms with van der Waals surface area (Å²) in [6.07, 6.45) is 3.88. The van der Waals surface area contributed by atoms with E-state index in [1.807, 2.05) is 7.11 Å². The van der Waals surface area contributed by atoms with Crippen LogP contribution >= 0.6 is 0 Å². The van der Waals surface area contributed by atoms with Crippen LogP contribution in [0.3, 0.4) is 0 Å². The van der Waals surface area contributed by atoms with Gasteiger partial charge in [0.05, 0.1) is 0 Å². The molecule has 2 atom stereocenters. The van der Waals surface area contributed by atoms with Crippen LogP contribution in [0.1, 0.15) is 40.0 Å². The lowest BCUT2D eigenvalue weighted by atomic mass is 10.1. The minimum atomic E-state index is -1.73. The quantitative estimate of drug-likeness (QED) is 0.725. The molecule has 15 heavy (non-hydrogen) atoms. The Morgan fingerprint density at radius 1 is 1.27 bits per heavy atom. The first-order chi connectivity index (χ1) is 6.93. The van der Waals surface area contributed by atoms with Crippen LogP contribution in [0.5, 0.6) is 0 Å². The van der Waals surface area contributed by atoms with E-state index in [4.69, 9.17) is 4.43 Å². The van der Waals surface area contributed by atoms with Gasteiger partial charge in [0, 0.05) is 18.3 Å². The van der Waals surface area contributed by atoms with Crippen molar-refractivity contribution in [1.29, 1.82) is 0 Å². The summed E-state index contributed by atoms with van der Waals surface area (Å²) >= 11 is 0. The van der Waals surface area contributed by atoms with Crippen LogP contribution in [0.2, 0.25) is 6.04 Å². The van der Waals surface area contributed by atoms with Gasteiger partial charge in [-0.15, -0.1) is 0 Å². The second-order valence-electron chi connectivity index (χ2n) is 5.54. The van der Waals surface area contributed by atoms with Gasteiger partial charge in [0.15, 0.2) is 0 Å². The summed E-state index contributed by atoms with van der Waals surface area (Å²) < 4.78 is 5.85. The first-order valence-electron chi connectivity index (χ1n) is 5.95. The Balaban J connectivity index is 2.73. The van der Waals surface area contributed by atoms with Gasteiger partial charge in [0.2, 0.25) is 0 Å². The van der Waals surface area contributed by atoms with Crippen LogP contribution in [-0.4, -0.2) is 33.8 Å². The van der Waals surface area contributed by atoms with Crippen molar-refractivity contribution in [2.45, 2.75) is 57.3 Å². The van der Waals surface area contributed by atoms with E-state index in [0.717, 1.165) is 0 Å². The van der Waals surface area contributed by atoms with E-state index in [1.165, 1.54) is 25.3 Å². The zero-order valence-electron chi connectivity index (χ0n) is 10.8. The van der Waals surface area contributed by atoms with Crippen molar-refractivity contribution in [3.05, 3.63) is 0 Å². The van der Waals surface area contributed by atoms with Gasteiger partial charge in [-0.05, 0) is 40.3 Å². The van der Waals surface area contributed by atoms with E-state index in [2.05, 4.69) is 38.1 Å². The van der Waals surface area contributed by atoms with Crippen LogP contribution in [0.4, 0.5) is 0 Å². The number of hydrogen-bond donors (Lipinski definition) is 2. The van der Waals surface area contributed by atoms with E-state index < -0.39 is 8.48 Å². The maximum atomic E-state index is 5.85. The van der Waals surface area contributed by atoms with Crippen molar-refractivity contribution < 1.29 is 4.43 Å². The van der Waals surface area contributed by atoms with Crippen LogP contribution in [0, 0.1) is 0 Å². The van der Waals surface area contributed by atoms with E-state index >= 15 is 0 Å². The third-order valence-corrected chi connectivity index (χ3v) is 7.48. The number of hydrogen-bond acceptors (Lipinski definition) is 3. The Hall–Kier alpha value is 0.0969. The third-order valence-electron chi connectivity index (χ3n) is 3.25. The summed E-state index contributed by atoms with van der Waals surface area (Å²) in [7, 11) is 2.19. The molecular weight excluding hydrogens is 204 g/mol. The second-order valence-corrected chi connectivity index (χ2v) is 9.42. The van der Waals surface area contributed by atoms with Gasteiger partial charge in [-0.1, -0.05) is 12.8 Å². The summed E-state index contributed by atoms with van der Waals surface area (Å²) in [5.74, 6) is 0. The van der Waals surface area contributed by atoms with E-state index in [9.17, 15) is 0 Å². The predicted octanol–water partition coefficient (Wildman–Crippen LogP) is 1.77. The van der Waals surface area contributed by atoms with Gasteiger partial charge in [-0.25, -0.2) is 0 Å². The Morgan fingerprint density at radius 2 is 1.93 bits per heavy atom. The highest BCUT2D eigenvalue weighted by Gasteiger charge is 2.44. The van der Waals surface area contributed by atoms with Crippen LogP contribution in [0.15, 0.2) is 0 Å². The fourth-order valence-electron chi connectivity index (χ4n) is 2.50. The van der Waals surface area contributed by atoms with Gasteiger partial charge in [0.1, 0.15) is 0 Å². The van der Waals surface area contributed by atoms with Crippen LogP contribution in [-0.2, 0) is 4.43 Å². The predicted molar refractivity (Wildman–Crippen MR) is 67.2 cm³/mol. The van der Waals surface area contributed by atoms with E-state index in [1.54, 1.807) is 0 Å². The van der Waals surface area contributed by atoms with E-state index in [-0.39, 0.29) is 5.54 Å². The van der Waals surface area contributed by atoms with Gasteiger partial charge in [0.25, 0.3) is 8.48 Å². The molecule has 0 aromatic heterocycles. The molecule has 0 aromatic carbocycles. The highest BCUT2D eigenvalue weighted by Crippen LogP contribution is 2.27. The molecule has 1 heterocycles. The lowest BCUT2D eigenvalue weighted by Gasteiger charge is -2.43. The highest BCUT2D eigenvalue weighted by atomic mass is 28.4. The molecule has 3 nitrogen and oxygen atoms in total. The van der Waals surface area contributed by atoms with Gasteiger partial charge < -0.3 is 14.7 Å². The summed E-state index contributed by atoms with van der Waals surface area (Å²) in [5.41, 5.74) is 0.719. The SMILES string of the molecule is CN[Si]1(OC)CCCCC1NC(C)(C)C. The lowest BCUT2D eigenvalue weighted by molar-refractivity contribution is 0.298. The first-order valence-corrected chi connectivity index (χ1v) is 8.14. The molecule has 0 spiro atoms. The molecule has 4 heteroatoms. The zero-order chi connectivity index (χ0) is 11.5. The van der Waals surface area contributed by atoms with Crippen molar-refractivity contribution in [2.24, 2.45) is 0 Å². The number of rotatable bonds is 3. The average Bonchev–Trinajstić information content (AvgIpc) is 2.17. The standard InChI is InChI=1S/C11H26N2OSi/c1-11(2,3)13-10-8-6-7-9-15(10,12-4)14-5/h10,12-13H,6-9H2,1-5H3. The molecule has 0 aromatic rings. The summed E-state index contributed by atoms with van der Waals surface area (Å²) in [6.45, 7) is 6.68. The second kappa shape index (κ2) is 4.95.